The van der Waals surface area contributed by atoms with E-state index in [-0.39, 0.29) is 34.4 Å². The van der Waals surface area contributed by atoms with Gasteiger partial charge in [-0.2, -0.15) is 5.10 Å². The van der Waals surface area contributed by atoms with Crippen molar-refractivity contribution in [3.8, 4) is 0 Å². The zero-order chi connectivity index (χ0) is 20.3. The molecule has 1 aromatic heterocycles. The number of amides is 2. The molecule has 1 N–H and O–H groups in total. The summed E-state index contributed by atoms with van der Waals surface area (Å²) in [7, 11) is 0. The van der Waals surface area contributed by atoms with Crippen molar-refractivity contribution in [2.24, 2.45) is 5.92 Å². The van der Waals surface area contributed by atoms with Crippen LogP contribution in [0.4, 0.5) is 10.2 Å². The first-order valence-corrected chi connectivity index (χ1v) is 9.80. The van der Waals surface area contributed by atoms with Crippen molar-refractivity contribution in [3.63, 3.8) is 0 Å². The fourth-order valence-corrected chi connectivity index (χ4v) is 3.57. The molecule has 3 rings (SSSR count). The Labute approximate surface area is 168 Å². The summed E-state index contributed by atoms with van der Waals surface area (Å²) >= 11 is 5.76. The number of anilines is 1. The number of hydrogen-bond acceptors (Lipinski definition) is 3. The van der Waals surface area contributed by atoms with E-state index >= 15 is 0 Å². The summed E-state index contributed by atoms with van der Waals surface area (Å²) in [4.78, 5) is 26.3. The smallest absolute Gasteiger partial charge is 0.256 e. The fraction of sp³-hybridized carbons (Fsp3) is 0.450. The molecule has 150 valence electrons. The van der Waals surface area contributed by atoms with Gasteiger partial charge in [-0.15, -0.1) is 0 Å². The fourth-order valence-electron chi connectivity index (χ4n) is 3.42. The summed E-state index contributed by atoms with van der Waals surface area (Å²) in [6.45, 7) is 4.97. The van der Waals surface area contributed by atoms with Crippen LogP contribution in [0.5, 0.6) is 0 Å². The molecule has 0 spiro atoms. The maximum atomic E-state index is 14.0. The number of halogens is 2. The molecule has 1 aliphatic heterocycles. The summed E-state index contributed by atoms with van der Waals surface area (Å²) in [5.41, 5.74) is 0.0311. The van der Waals surface area contributed by atoms with Crippen LogP contribution in [0.25, 0.3) is 0 Å². The second-order valence-electron chi connectivity index (χ2n) is 7.45. The van der Waals surface area contributed by atoms with Gasteiger partial charge in [0.25, 0.3) is 5.91 Å². The van der Waals surface area contributed by atoms with Crippen molar-refractivity contribution >= 4 is 29.2 Å². The molecule has 1 saturated heterocycles. The molecule has 0 atom stereocenters. The van der Waals surface area contributed by atoms with Crippen LogP contribution in [-0.2, 0) is 4.79 Å². The van der Waals surface area contributed by atoms with Crippen molar-refractivity contribution in [2.45, 2.75) is 39.2 Å². The van der Waals surface area contributed by atoms with Gasteiger partial charge in [0, 0.05) is 30.6 Å². The van der Waals surface area contributed by atoms with Gasteiger partial charge < -0.3 is 10.2 Å². The second kappa shape index (κ2) is 8.73. The maximum Gasteiger partial charge on any atom is 0.256 e. The molecular weight excluding hydrogens is 383 g/mol. The Morgan fingerprint density at radius 3 is 2.64 bits per heavy atom. The predicted octanol–water partition coefficient (Wildman–Crippen LogP) is 4.14. The van der Waals surface area contributed by atoms with Crippen LogP contribution in [0.2, 0.25) is 5.02 Å². The van der Waals surface area contributed by atoms with E-state index in [2.05, 4.69) is 10.4 Å². The number of nitrogens with one attached hydrogen (secondary N) is 1. The average molecular weight is 407 g/mol. The highest BCUT2D eigenvalue weighted by Crippen LogP contribution is 2.27. The van der Waals surface area contributed by atoms with Crippen molar-refractivity contribution in [1.29, 1.82) is 0 Å². The lowest BCUT2D eigenvalue weighted by molar-refractivity contribution is -0.116. The van der Waals surface area contributed by atoms with Gasteiger partial charge in [-0.3, -0.25) is 9.59 Å². The van der Waals surface area contributed by atoms with Gasteiger partial charge in [-0.1, -0.05) is 25.4 Å². The Bertz CT molecular complexity index is 860. The molecule has 8 heteroatoms. The molecule has 0 bridgehead atoms. The average Bonchev–Trinajstić information content (AvgIpc) is 3.08. The first-order valence-electron chi connectivity index (χ1n) is 9.43. The number of carbonyl (C=O) groups is 2. The van der Waals surface area contributed by atoms with Gasteiger partial charge in [0.15, 0.2) is 0 Å². The second-order valence-corrected chi connectivity index (χ2v) is 7.89. The van der Waals surface area contributed by atoms with E-state index in [0.717, 1.165) is 6.07 Å². The zero-order valence-electron chi connectivity index (χ0n) is 16.0. The number of likely N-dealkylation sites (tertiary alicyclic amines) is 1. The minimum Gasteiger partial charge on any atom is -0.338 e. The van der Waals surface area contributed by atoms with Crippen LogP contribution in [0.1, 0.15) is 49.5 Å². The number of nitrogens with zero attached hydrogens (tertiary/aromatic N) is 3. The summed E-state index contributed by atoms with van der Waals surface area (Å²) in [5.74, 6) is -0.0407. The highest BCUT2D eigenvalue weighted by Gasteiger charge is 2.27. The summed E-state index contributed by atoms with van der Waals surface area (Å²) in [6.07, 6.45) is 3.46. The van der Waals surface area contributed by atoms with Crippen LogP contribution in [0.15, 0.2) is 30.5 Å². The van der Waals surface area contributed by atoms with Crippen molar-refractivity contribution in [2.75, 3.05) is 18.4 Å². The molecule has 2 aromatic rings. The lowest BCUT2D eigenvalue weighted by Crippen LogP contribution is -2.39. The molecule has 1 aliphatic rings. The summed E-state index contributed by atoms with van der Waals surface area (Å²) in [5, 5.41) is 7.52. The number of piperidine rings is 1. The largest absolute Gasteiger partial charge is 0.338 e. The first kappa shape index (κ1) is 20.3. The minimum absolute atomic E-state index is 0.0311. The summed E-state index contributed by atoms with van der Waals surface area (Å²) in [6, 6.07) is 5.93. The van der Waals surface area contributed by atoms with Gasteiger partial charge in [0.2, 0.25) is 5.91 Å². The highest BCUT2D eigenvalue weighted by molar-refractivity contribution is 6.30. The van der Waals surface area contributed by atoms with E-state index in [1.807, 2.05) is 18.5 Å². The van der Waals surface area contributed by atoms with Crippen LogP contribution >= 0.6 is 11.6 Å². The number of rotatable bonds is 5. The number of hydrogen-bond donors (Lipinski definition) is 1. The van der Waals surface area contributed by atoms with E-state index in [4.69, 9.17) is 11.6 Å². The van der Waals surface area contributed by atoms with Crippen molar-refractivity contribution in [1.82, 2.24) is 14.7 Å². The highest BCUT2D eigenvalue weighted by atomic mass is 35.5. The molecule has 6 nitrogen and oxygen atoms in total. The van der Waals surface area contributed by atoms with E-state index in [9.17, 15) is 14.0 Å². The van der Waals surface area contributed by atoms with E-state index in [1.54, 1.807) is 17.2 Å². The summed E-state index contributed by atoms with van der Waals surface area (Å²) < 4.78 is 15.8. The number of aromatic nitrogens is 2. The Morgan fingerprint density at radius 1 is 1.29 bits per heavy atom. The molecule has 0 saturated carbocycles. The molecule has 1 aromatic carbocycles. The van der Waals surface area contributed by atoms with Crippen molar-refractivity contribution < 1.29 is 14.0 Å². The first-order chi connectivity index (χ1) is 13.3. The Balaban J connectivity index is 1.62. The third kappa shape index (κ3) is 4.70. The molecule has 28 heavy (non-hydrogen) atoms. The van der Waals surface area contributed by atoms with Gasteiger partial charge in [-0.25, -0.2) is 9.07 Å². The van der Waals surface area contributed by atoms with E-state index in [1.165, 1.54) is 12.1 Å². The molecule has 1 fully saturated rings. The zero-order valence-corrected chi connectivity index (χ0v) is 16.7. The van der Waals surface area contributed by atoms with Crippen LogP contribution < -0.4 is 5.32 Å². The van der Waals surface area contributed by atoms with E-state index in [0.29, 0.717) is 38.2 Å². The number of benzene rings is 1. The third-order valence-electron chi connectivity index (χ3n) is 4.79. The standard InChI is InChI=1S/C20H24ClFN4O2/c1-13(2)11-19(27)24-18-5-8-23-26(18)15-6-9-25(10-7-15)20(28)16-4-3-14(21)12-17(16)22/h3-5,8,12-13,15H,6-7,9-11H2,1-2H3,(H,24,27). The van der Waals surface area contributed by atoms with Crippen LogP contribution in [0.3, 0.4) is 0 Å². The Kier molecular flexibility index (Phi) is 6.34. The Hall–Kier alpha value is -2.41. The third-order valence-corrected chi connectivity index (χ3v) is 5.03. The maximum absolute atomic E-state index is 14.0. The molecule has 2 amide bonds. The topological polar surface area (TPSA) is 67.2 Å². The molecule has 0 aliphatic carbocycles. The van der Waals surface area contributed by atoms with Crippen LogP contribution in [-0.4, -0.2) is 39.6 Å². The molecule has 2 heterocycles. The predicted molar refractivity (Wildman–Crippen MR) is 106 cm³/mol. The van der Waals surface area contributed by atoms with Gasteiger partial charge in [-0.05, 0) is 37.0 Å². The molecular formula is C20H24ClFN4O2. The van der Waals surface area contributed by atoms with Gasteiger partial charge in [0.05, 0.1) is 17.8 Å². The Morgan fingerprint density at radius 2 is 2.00 bits per heavy atom. The monoisotopic (exact) mass is 406 g/mol. The quantitative estimate of drug-likeness (QED) is 0.811. The van der Waals surface area contributed by atoms with E-state index < -0.39 is 5.82 Å². The normalized spacial score (nSPS) is 15.1. The molecule has 0 radical (unpaired) electrons. The van der Waals surface area contributed by atoms with Crippen molar-refractivity contribution in [3.05, 3.63) is 46.9 Å². The minimum atomic E-state index is -0.609. The lowest BCUT2D eigenvalue weighted by atomic mass is 10.0. The SMILES string of the molecule is CC(C)CC(=O)Nc1ccnn1C1CCN(C(=O)c2ccc(Cl)cc2F)CC1. The van der Waals surface area contributed by atoms with Gasteiger partial charge >= 0.3 is 0 Å². The van der Waals surface area contributed by atoms with Crippen LogP contribution in [0, 0.1) is 11.7 Å². The lowest BCUT2D eigenvalue weighted by Gasteiger charge is -2.33. The molecule has 0 unspecified atom stereocenters. The number of carbonyl (C=O) groups excluding carboxylic acids is 2. The van der Waals surface area contributed by atoms with Gasteiger partial charge in [0.1, 0.15) is 11.6 Å².